The van der Waals surface area contributed by atoms with Gasteiger partial charge in [-0.1, -0.05) is 50.2 Å². The van der Waals surface area contributed by atoms with Gasteiger partial charge in [0, 0.05) is 39.3 Å². The van der Waals surface area contributed by atoms with Crippen molar-refractivity contribution in [2.24, 2.45) is 0 Å². The van der Waals surface area contributed by atoms with Gasteiger partial charge < -0.3 is 15.0 Å². The largest absolute Gasteiger partial charge is 0.484 e. The van der Waals surface area contributed by atoms with Gasteiger partial charge in [-0.25, -0.2) is 0 Å². The number of hydrogen-bond donors (Lipinski definition) is 1. The maximum atomic E-state index is 12.2. The molecule has 2 aromatic carbocycles. The molecule has 5 nitrogen and oxygen atoms in total. The first-order chi connectivity index (χ1) is 14.0. The fourth-order valence-electron chi connectivity index (χ4n) is 3.47. The Hall–Kier alpha value is -2.37. The summed E-state index contributed by atoms with van der Waals surface area (Å²) >= 11 is 0. The van der Waals surface area contributed by atoms with E-state index in [1.165, 1.54) is 11.1 Å². The van der Waals surface area contributed by atoms with Crippen molar-refractivity contribution in [1.82, 2.24) is 15.1 Å². The minimum atomic E-state index is -0.107. The molecule has 1 aliphatic heterocycles. The molecule has 3 rings (SSSR count). The third kappa shape index (κ3) is 6.87. The lowest BCUT2D eigenvalue weighted by Crippen LogP contribution is -2.43. The summed E-state index contributed by atoms with van der Waals surface area (Å²) in [5.74, 6) is 1.07. The van der Waals surface area contributed by atoms with Gasteiger partial charge in [-0.15, -0.1) is 0 Å². The Morgan fingerprint density at radius 1 is 1.03 bits per heavy atom. The van der Waals surface area contributed by atoms with E-state index in [4.69, 9.17) is 4.74 Å². The second kappa shape index (κ2) is 10.4. The molecule has 1 fully saturated rings. The predicted molar refractivity (Wildman–Crippen MR) is 117 cm³/mol. The van der Waals surface area contributed by atoms with Crippen LogP contribution in [0.25, 0.3) is 0 Å². The molecule has 1 heterocycles. The summed E-state index contributed by atoms with van der Waals surface area (Å²) in [6, 6.07) is 16.4. The first-order valence-corrected chi connectivity index (χ1v) is 10.5. The zero-order valence-corrected chi connectivity index (χ0v) is 17.9. The van der Waals surface area contributed by atoms with Crippen LogP contribution in [0.5, 0.6) is 5.75 Å². The van der Waals surface area contributed by atoms with Crippen molar-refractivity contribution in [3.05, 3.63) is 65.2 Å². The molecule has 0 aromatic heterocycles. The fourth-order valence-corrected chi connectivity index (χ4v) is 3.47. The van der Waals surface area contributed by atoms with Gasteiger partial charge in [-0.3, -0.25) is 9.69 Å². The number of piperazine rings is 1. The average Bonchev–Trinajstić information content (AvgIpc) is 2.73. The highest BCUT2D eigenvalue weighted by Gasteiger charge is 2.14. The first kappa shape index (κ1) is 21.3. The molecule has 0 spiro atoms. The zero-order valence-electron chi connectivity index (χ0n) is 17.9. The van der Waals surface area contributed by atoms with Crippen LogP contribution in [0, 0.1) is 0 Å². The lowest BCUT2D eigenvalue weighted by Gasteiger charge is -2.32. The molecule has 0 saturated carbocycles. The van der Waals surface area contributed by atoms with Crippen molar-refractivity contribution < 1.29 is 9.53 Å². The minimum absolute atomic E-state index is 0.0303. The highest BCUT2D eigenvalue weighted by Crippen LogP contribution is 2.20. The highest BCUT2D eigenvalue weighted by molar-refractivity contribution is 5.77. The number of likely N-dealkylation sites (N-methyl/N-ethyl adjacent to an activating group) is 1. The number of hydrogen-bond acceptors (Lipinski definition) is 4. The molecule has 29 heavy (non-hydrogen) atoms. The molecule has 1 saturated heterocycles. The SMILES string of the molecule is CC(C)c1cccc(OCC(=O)NCc2cccc(CN3CCN(C)CC3)c2)c1. The van der Waals surface area contributed by atoms with Crippen LogP contribution < -0.4 is 10.1 Å². The van der Waals surface area contributed by atoms with Gasteiger partial charge in [0.2, 0.25) is 0 Å². The Kier molecular flexibility index (Phi) is 7.67. The van der Waals surface area contributed by atoms with Crippen molar-refractivity contribution >= 4 is 5.91 Å². The molecule has 0 unspecified atom stereocenters. The summed E-state index contributed by atoms with van der Waals surface area (Å²) in [7, 11) is 2.17. The maximum absolute atomic E-state index is 12.2. The lowest BCUT2D eigenvalue weighted by molar-refractivity contribution is -0.123. The molecule has 0 aliphatic carbocycles. The van der Waals surface area contributed by atoms with E-state index < -0.39 is 0 Å². The molecule has 1 amide bonds. The molecule has 5 heteroatoms. The number of benzene rings is 2. The van der Waals surface area contributed by atoms with Gasteiger partial charge in [-0.05, 0) is 41.8 Å². The zero-order chi connectivity index (χ0) is 20.6. The number of carbonyl (C=O) groups is 1. The second-order valence-electron chi connectivity index (χ2n) is 8.19. The van der Waals surface area contributed by atoms with Crippen LogP contribution in [0.4, 0.5) is 0 Å². The van der Waals surface area contributed by atoms with Crippen molar-refractivity contribution in [3.8, 4) is 5.75 Å². The van der Waals surface area contributed by atoms with Gasteiger partial charge >= 0.3 is 0 Å². The van der Waals surface area contributed by atoms with Crippen LogP contribution in [0.3, 0.4) is 0 Å². The molecule has 0 atom stereocenters. The van der Waals surface area contributed by atoms with Gasteiger partial charge in [0.05, 0.1) is 0 Å². The Balaban J connectivity index is 1.44. The maximum Gasteiger partial charge on any atom is 0.258 e. The number of carbonyl (C=O) groups excluding carboxylic acids is 1. The van der Waals surface area contributed by atoms with Crippen LogP contribution in [-0.2, 0) is 17.9 Å². The van der Waals surface area contributed by atoms with E-state index in [2.05, 4.69) is 66.3 Å². The summed E-state index contributed by atoms with van der Waals surface area (Å²) in [6.07, 6.45) is 0. The summed E-state index contributed by atoms with van der Waals surface area (Å²) < 4.78 is 5.66. The molecule has 0 bridgehead atoms. The summed E-state index contributed by atoms with van der Waals surface area (Å²) in [5.41, 5.74) is 3.62. The van der Waals surface area contributed by atoms with E-state index in [9.17, 15) is 4.79 Å². The Bertz CT molecular complexity index is 798. The molecule has 156 valence electrons. The van der Waals surface area contributed by atoms with Crippen LogP contribution in [0.15, 0.2) is 48.5 Å². The van der Waals surface area contributed by atoms with E-state index in [1.807, 2.05) is 18.2 Å². The Labute approximate surface area is 174 Å². The first-order valence-electron chi connectivity index (χ1n) is 10.5. The quantitative estimate of drug-likeness (QED) is 0.745. The van der Waals surface area contributed by atoms with Crippen molar-refractivity contribution in [1.29, 1.82) is 0 Å². The summed E-state index contributed by atoms with van der Waals surface area (Å²) in [6.45, 7) is 10.2. The number of ether oxygens (including phenoxy) is 1. The average molecular weight is 396 g/mol. The van der Waals surface area contributed by atoms with Gasteiger partial charge in [0.15, 0.2) is 6.61 Å². The predicted octanol–water partition coefficient (Wildman–Crippen LogP) is 3.25. The van der Waals surface area contributed by atoms with Gasteiger partial charge in [-0.2, -0.15) is 0 Å². The van der Waals surface area contributed by atoms with Crippen molar-refractivity contribution in [3.63, 3.8) is 0 Å². The summed E-state index contributed by atoms with van der Waals surface area (Å²) in [5, 5.41) is 2.96. The van der Waals surface area contributed by atoms with Crippen LogP contribution in [0.1, 0.15) is 36.5 Å². The Morgan fingerprint density at radius 3 is 2.52 bits per heavy atom. The van der Waals surface area contributed by atoms with Gasteiger partial charge in [0.1, 0.15) is 5.75 Å². The number of rotatable bonds is 8. The normalized spacial score (nSPS) is 15.4. The second-order valence-corrected chi connectivity index (χ2v) is 8.19. The molecule has 2 aromatic rings. The number of amides is 1. The molecular weight excluding hydrogens is 362 g/mol. The molecule has 0 radical (unpaired) electrons. The van der Waals surface area contributed by atoms with Crippen molar-refractivity contribution in [2.45, 2.75) is 32.9 Å². The van der Waals surface area contributed by atoms with Crippen LogP contribution in [0.2, 0.25) is 0 Å². The molecular formula is C24H33N3O2. The van der Waals surface area contributed by atoms with Crippen LogP contribution >= 0.6 is 0 Å². The van der Waals surface area contributed by atoms with E-state index in [0.717, 1.165) is 44.0 Å². The highest BCUT2D eigenvalue weighted by atomic mass is 16.5. The number of nitrogens with one attached hydrogen (secondary N) is 1. The fraction of sp³-hybridized carbons (Fsp3) is 0.458. The molecule has 1 aliphatic rings. The monoisotopic (exact) mass is 395 g/mol. The third-order valence-corrected chi connectivity index (χ3v) is 5.38. The van der Waals surface area contributed by atoms with E-state index in [-0.39, 0.29) is 12.5 Å². The smallest absolute Gasteiger partial charge is 0.258 e. The van der Waals surface area contributed by atoms with Gasteiger partial charge in [0.25, 0.3) is 5.91 Å². The summed E-state index contributed by atoms with van der Waals surface area (Å²) in [4.78, 5) is 17.0. The minimum Gasteiger partial charge on any atom is -0.484 e. The topological polar surface area (TPSA) is 44.8 Å². The lowest BCUT2D eigenvalue weighted by atomic mass is 10.0. The Morgan fingerprint density at radius 2 is 1.76 bits per heavy atom. The van der Waals surface area contributed by atoms with Crippen molar-refractivity contribution in [2.75, 3.05) is 39.8 Å². The van der Waals surface area contributed by atoms with Crippen LogP contribution in [-0.4, -0.2) is 55.5 Å². The standard InChI is InChI=1S/C24H33N3O2/c1-19(2)22-8-5-9-23(15-22)29-18-24(28)25-16-20-6-4-7-21(14-20)17-27-12-10-26(3)11-13-27/h4-9,14-15,19H,10-13,16-18H2,1-3H3,(H,25,28). The van der Waals surface area contributed by atoms with E-state index >= 15 is 0 Å². The van der Waals surface area contributed by atoms with E-state index in [0.29, 0.717) is 12.5 Å². The van der Waals surface area contributed by atoms with E-state index in [1.54, 1.807) is 0 Å². The molecule has 1 N–H and O–H groups in total. The third-order valence-electron chi connectivity index (χ3n) is 5.38. The number of nitrogens with zero attached hydrogens (tertiary/aromatic N) is 2.